The van der Waals surface area contributed by atoms with Gasteiger partial charge in [0.1, 0.15) is 0 Å². The van der Waals surface area contributed by atoms with Gasteiger partial charge in [0.2, 0.25) is 0 Å². The van der Waals surface area contributed by atoms with E-state index in [1.807, 2.05) is 13.8 Å². The Morgan fingerprint density at radius 2 is 2.29 bits per heavy atom. The Kier molecular flexibility index (Phi) is 5.65. The largest absolute Gasteiger partial charge is 0.478 e. The van der Waals surface area contributed by atoms with Crippen molar-refractivity contribution in [1.29, 1.82) is 0 Å². The lowest BCUT2D eigenvalue weighted by atomic mass is 10.1. The molecule has 1 saturated heterocycles. The Hall–Kier alpha value is -0.870. The lowest BCUT2D eigenvalue weighted by molar-refractivity contribution is -0.132. The van der Waals surface area contributed by atoms with Crippen molar-refractivity contribution in [3.8, 4) is 0 Å². The Morgan fingerprint density at radius 1 is 1.59 bits per heavy atom. The van der Waals surface area contributed by atoms with Crippen LogP contribution in [-0.2, 0) is 9.53 Å². The van der Waals surface area contributed by atoms with Gasteiger partial charge < -0.3 is 9.84 Å². The summed E-state index contributed by atoms with van der Waals surface area (Å²) >= 11 is 0. The number of carbonyl (C=O) groups is 1. The van der Waals surface area contributed by atoms with E-state index >= 15 is 0 Å². The summed E-state index contributed by atoms with van der Waals surface area (Å²) in [6.07, 6.45) is 4.56. The third-order valence-electron chi connectivity index (χ3n) is 2.92. The van der Waals surface area contributed by atoms with E-state index < -0.39 is 5.97 Å². The number of hydrogen-bond donors (Lipinski definition) is 1. The van der Waals surface area contributed by atoms with Gasteiger partial charge in [-0.05, 0) is 40.2 Å². The summed E-state index contributed by atoms with van der Waals surface area (Å²) in [6.45, 7) is 8.37. The zero-order chi connectivity index (χ0) is 12.8. The van der Waals surface area contributed by atoms with Gasteiger partial charge in [0.15, 0.2) is 0 Å². The van der Waals surface area contributed by atoms with E-state index in [4.69, 9.17) is 9.84 Å². The number of aliphatic carboxylic acids is 1. The molecule has 1 rings (SSSR count). The molecule has 0 aromatic heterocycles. The minimum Gasteiger partial charge on any atom is -0.478 e. The molecule has 4 heteroatoms. The molecule has 1 aliphatic heterocycles. The number of hydrogen-bond acceptors (Lipinski definition) is 3. The first-order valence-corrected chi connectivity index (χ1v) is 6.27. The second-order valence-corrected chi connectivity index (χ2v) is 4.90. The highest BCUT2D eigenvalue weighted by Gasteiger charge is 2.20. The zero-order valence-corrected chi connectivity index (χ0v) is 11.0. The van der Waals surface area contributed by atoms with Crippen LogP contribution in [0.15, 0.2) is 11.6 Å². The highest BCUT2D eigenvalue weighted by Crippen LogP contribution is 2.14. The number of carboxylic acids is 1. The van der Waals surface area contributed by atoms with E-state index in [1.54, 1.807) is 13.0 Å². The van der Waals surface area contributed by atoms with Crippen LogP contribution in [0.25, 0.3) is 0 Å². The molecule has 1 heterocycles. The van der Waals surface area contributed by atoms with Crippen LogP contribution >= 0.6 is 0 Å². The molecule has 0 aromatic rings. The molecule has 1 fully saturated rings. The van der Waals surface area contributed by atoms with Gasteiger partial charge in [0, 0.05) is 18.7 Å². The molecular weight excluding hydrogens is 218 g/mol. The van der Waals surface area contributed by atoms with E-state index in [0.717, 1.165) is 25.9 Å². The number of carboxylic acid groups (broad SMARTS) is 1. The van der Waals surface area contributed by atoms with Gasteiger partial charge in [0.25, 0.3) is 0 Å². The topological polar surface area (TPSA) is 49.8 Å². The molecule has 1 N–H and O–H groups in total. The second-order valence-electron chi connectivity index (χ2n) is 4.90. The summed E-state index contributed by atoms with van der Waals surface area (Å²) in [5.74, 6) is -0.836. The maximum Gasteiger partial charge on any atom is 0.330 e. The number of rotatable bonds is 5. The summed E-state index contributed by atoms with van der Waals surface area (Å²) in [5, 5.41) is 8.77. The van der Waals surface area contributed by atoms with Gasteiger partial charge in [0.05, 0.1) is 12.2 Å². The first-order chi connectivity index (χ1) is 7.99. The van der Waals surface area contributed by atoms with E-state index in [2.05, 4.69) is 4.90 Å². The van der Waals surface area contributed by atoms with E-state index in [-0.39, 0.29) is 6.10 Å². The van der Waals surface area contributed by atoms with Crippen molar-refractivity contribution in [2.45, 2.75) is 45.8 Å². The van der Waals surface area contributed by atoms with Gasteiger partial charge in [-0.15, -0.1) is 0 Å². The van der Waals surface area contributed by atoms with Crippen LogP contribution in [0.1, 0.15) is 33.6 Å². The number of piperidine rings is 1. The second kappa shape index (κ2) is 6.77. The summed E-state index contributed by atoms with van der Waals surface area (Å²) in [5.41, 5.74) is 0.414. The van der Waals surface area contributed by atoms with Crippen LogP contribution < -0.4 is 0 Å². The van der Waals surface area contributed by atoms with Gasteiger partial charge in [-0.25, -0.2) is 4.79 Å². The fraction of sp³-hybridized carbons (Fsp3) is 0.769. The summed E-state index contributed by atoms with van der Waals surface area (Å²) in [7, 11) is 0. The molecule has 0 amide bonds. The molecule has 0 radical (unpaired) electrons. The summed E-state index contributed by atoms with van der Waals surface area (Å²) in [4.78, 5) is 12.9. The number of likely N-dealkylation sites (tertiary alicyclic amines) is 1. The molecule has 0 aromatic carbocycles. The van der Waals surface area contributed by atoms with Crippen molar-refractivity contribution in [2.75, 3.05) is 19.6 Å². The fourth-order valence-electron chi connectivity index (χ4n) is 2.03. The molecule has 0 spiro atoms. The maximum atomic E-state index is 10.7. The number of ether oxygens (including phenoxy) is 1. The van der Waals surface area contributed by atoms with Gasteiger partial charge >= 0.3 is 5.97 Å². The van der Waals surface area contributed by atoms with Crippen LogP contribution in [-0.4, -0.2) is 47.8 Å². The van der Waals surface area contributed by atoms with Crippen molar-refractivity contribution in [2.24, 2.45) is 0 Å². The fourth-order valence-corrected chi connectivity index (χ4v) is 2.03. The van der Waals surface area contributed by atoms with Crippen LogP contribution in [0.4, 0.5) is 0 Å². The van der Waals surface area contributed by atoms with E-state index in [1.165, 1.54) is 0 Å². The third kappa shape index (κ3) is 5.33. The molecule has 0 bridgehead atoms. The minimum absolute atomic E-state index is 0.260. The lowest BCUT2D eigenvalue weighted by Crippen LogP contribution is -2.40. The van der Waals surface area contributed by atoms with Crippen LogP contribution in [0.3, 0.4) is 0 Å². The average molecular weight is 241 g/mol. The molecule has 1 unspecified atom stereocenters. The highest BCUT2D eigenvalue weighted by atomic mass is 16.5. The number of nitrogens with zero attached hydrogens (tertiary/aromatic N) is 1. The quantitative estimate of drug-likeness (QED) is 0.747. The first-order valence-electron chi connectivity index (χ1n) is 6.27. The van der Waals surface area contributed by atoms with Gasteiger partial charge in [-0.3, -0.25) is 4.90 Å². The third-order valence-corrected chi connectivity index (χ3v) is 2.92. The normalized spacial score (nSPS) is 23.1. The van der Waals surface area contributed by atoms with Crippen molar-refractivity contribution in [3.05, 3.63) is 11.6 Å². The van der Waals surface area contributed by atoms with Gasteiger partial charge in [-0.2, -0.15) is 0 Å². The Labute approximate surface area is 103 Å². The Balaban J connectivity index is 2.39. The van der Waals surface area contributed by atoms with Crippen molar-refractivity contribution in [1.82, 2.24) is 4.90 Å². The van der Waals surface area contributed by atoms with Crippen molar-refractivity contribution < 1.29 is 14.6 Å². The van der Waals surface area contributed by atoms with Crippen LogP contribution in [0.5, 0.6) is 0 Å². The van der Waals surface area contributed by atoms with Crippen LogP contribution in [0, 0.1) is 0 Å². The van der Waals surface area contributed by atoms with Crippen LogP contribution in [0.2, 0.25) is 0 Å². The van der Waals surface area contributed by atoms with E-state index in [9.17, 15) is 4.79 Å². The predicted molar refractivity (Wildman–Crippen MR) is 67.1 cm³/mol. The Bertz CT molecular complexity index is 286. The smallest absolute Gasteiger partial charge is 0.330 e. The minimum atomic E-state index is -0.836. The molecular formula is C13H23NO3. The average Bonchev–Trinajstić information content (AvgIpc) is 2.25. The molecule has 4 nitrogen and oxygen atoms in total. The SMILES string of the molecule is CC(=CCN1CCCC(OC(C)C)C1)C(=O)O. The summed E-state index contributed by atoms with van der Waals surface area (Å²) in [6, 6.07) is 0. The zero-order valence-electron chi connectivity index (χ0n) is 11.0. The first kappa shape index (κ1) is 14.2. The molecule has 17 heavy (non-hydrogen) atoms. The molecule has 0 aliphatic carbocycles. The van der Waals surface area contributed by atoms with Crippen molar-refractivity contribution in [3.63, 3.8) is 0 Å². The van der Waals surface area contributed by atoms with Crippen molar-refractivity contribution >= 4 is 5.97 Å². The molecule has 1 atom stereocenters. The molecule has 0 saturated carbocycles. The van der Waals surface area contributed by atoms with E-state index in [0.29, 0.717) is 18.2 Å². The Morgan fingerprint density at radius 3 is 2.88 bits per heavy atom. The molecule has 1 aliphatic rings. The maximum absolute atomic E-state index is 10.7. The standard InChI is InChI=1S/C13H23NO3/c1-10(2)17-12-5-4-7-14(9-12)8-6-11(3)13(15)16/h6,10,12H,4-5,7-9H2,1-3H3,(H,15,16). The highest BCUT2D eigenvalue weighted by molar-refractivity contribution is 5.85. The van der Waals surface area contributed by atoms with Gasteiger partial charge in [-0.1, -0.05) is 6.08 Å². The lowest BCUT2D eigenvalue weighted by Gasteiger charge is -2.32. The summed E-state index contributed by atoms with van der Waals surface area (Å²) < 4.78 is 5.80. The monoisotopic (exact) mass is 241 g/mol. The molecule has 98 valence electrons. The predicted octanol–water partition coefficient (Wildman–Crippen LogP) is 1.91.